The highest BCUT2D eigenvalue weighted by Gasteiger charge is 2.11. The fourth-order valence-corrected chi connectivity index (χ4v) is 3.02. The molecule has 1 heterocycles. The molecule has 0 unspecified atom stereocenters. The first-order chi connectivity index (χ1) is 11.8. The summed E-state index contributed by atoms with van der Waals surface area (Å²) < 4.78 is 34.7. The van der Waals surface area contributed by atoms with Gasteiger partial charge in [0.2, 0.25) is 5.78 Å². The molecule has 0 aliphatic rings. The molecule has 0 radical (unpaired) electrons. The highest BCUT2D eigenvalue weighted by molar-refractivity contribution is 9.10. The van der Waals surface area contributed by atoms with Crippen LogP contribution in [0.4, 0.5) is 8.78 Å². The van der Waals surface area contributed by atoms with Crippen LogP contribution in [0.5, 0.6) is 5.75 Å². The van der Waals surface area contributed by atoms with Gasteiger partial charge in [0.15, 0.2) is 6.61 Å². The first-order valence-corrected chi connectivity index (χ1v) is 8.65. The van der Waals surface area contributed by atoms with Gasteiger partial charge in [0, 0.05) is 21.0 Å². The van der Waals surface area contributed by atoms with Crippen molar-refractivity contribution in [1.29, 1.82) is 0 Å². The van der Waals surface area contributed by atoms with Crippen molar-refractivity contribution in [3.05, 3.63) is 56.2 Å². The molecule has 1 aromatic heterocycles. The molecule has 0 bridgehead atoms. The highest BCUT2D eigenvalue weighted by atomic mass is 79.9. The summed E-state index contributed by atoms with van der Waals surface area (Å²) in [4.78, 5) is 25.1. The Bertz CT molecular complexity index is 802. The maximum absolute atomic E-state index is 12.4. The van der Waals surface area contributed by atoms with Gasteiger partial charge in [-0.2, -0.15) is 8.78 Å². The molecular formula is C17H13BrF2O4S. The summed E-state index contributed by atoms with van der Waals surface area (Å²) in [6.45, 7) is -1.50. The molecule has 25 heavy (non-hydrogen) atoms. The topological polar surface area (TPSA) is 52.6 Å². The molecule has 0 fully saturated rings. The van der Waals surface area contributed by atoms with Crippen LogP contribution >= 0.6 is 27.3 Å². The van der Waals surface area contributed by atoms with Crippen molar-refractivity contribution in [2.45, 2.75) is 13.5 Å². The van der Waals surface area contributed by atoms with Crippen LogP contribution in [0, 0.1) is 6.92 Å². The minimum absolute atomic E-state index is 0.0765. The number of ketones is 1. The molecule has 0 saturated carbocycles. The van der Waals surface area contributed by atoms with Crippen molar-refractivity contribution in [2.75, 3.05) is 6.61 Å². The summed E-state index contributed by atoms with van der Waals surface area (Å²) in [6, 6.07) is 7.87. The van der Waals surface area contributed by atoms with Crippen LogP contribution < -0.4 is 4.74 Å². The fraction of sp³-hybridized carbons (Fsp3) is 0.176. The van der Waals surface area contributed by atoms with Crippen molar-refractivity contribution in [3.8, 4) is 5.75 Å². The van der Waals surface area contributed by atoms with E-state index in [1.807, 2.05) is 6.92 Å². The molecule has 2 rings (SSSR count). The van der Waals surface area contributed by atoms with Gasteiger partial charge in [0.1, 0.15) is 5.75 Å². The van der Waals surface area contributed by atoms with E-state index in [-0.39, 0.29) is 23.7 Å². The maximum atomic E-state index is 12.4. The Hall–Kier alpha value is -2.06. The zero-order valence-electron chi connectivity index (χ0n) is 13.0. The predicted molar refractivity (Wildman–Crippen MR) is 94.2 cm³/mol. The van der Waals surface area contributed by atoms with Crippen LogP contribution in [0.2, 0.25) is 0 Å². The van der Waals surface area contributed by atoms with E-state index in [9.17, 15) is 18.4 Å². The minimum Gasteiger partial charge on any atom is -0.454 e. The summed E-state index contributed by atoms with van der Waals surface area (Å²) in [5, 5.41) is 0. The summed E-state index contributed by atoms with van der Waals surface area (Å²) in [6.07, 6.45) is 2.33. The van der Waals surface area contributed by atoms with Gasteiger partial charge in [-0.25, -0.2) is 4.79 Å². The van der Waals surface area contributed by atoms with Crippen LogP contribution in [-0.2, 0) is 9.53 Å². The first kappa shape index (κ1) is 19.3. The van der Waals surface area contributed by atoms with E-state index < -0.39 is 12.6 Å². The number of carbonyl (C=O) groups excluding carboxylic acids is 2. The number of Topliss-reactive ketones (excluding diaryl/α,β-unsaturated/α-hetero) is 1. The minimum atomic E-state index is -2.98. The van der Waals surface area contributed by atoms with Crippen molar-refractivity contribution in [1.82, 2.24) is 0 Å². The van der Waals surface area contributed by atoms with Gasteiger partial charge in [0.05, 0.1) is 4.88 Å². The number of hydrogen-bond acceptors (Lipinski definition) is 5. The van der Waals surface area contributed by atoms with Crippen LogP contribution in [-0.4, -0.2) is 25.0 Å². The second-order valence-corrected chi connectivity index (χ2v) is 7.04. The van der Waals surface area contributed by atoms with Crippen molar-refractivity contribution >= 4 is 45.1 Å². The second kappa shape index (κ2) is 8.87. The summed E-state index contributed by atoms with van der Waals surface area (Å²) >= 11 is 4.53. The number of alkyl halides is 2. The first-order valence-electron chi connectivity index (χ1n) is 7.04. The van der Waals surface area contributed by atoms with Crippen molar-refractivity contribution in [3.63, 3.8) is 0 Å². The van der Waals surface area contributed by atoms with Crippen LogP contribution in [0.15, 0.2) is 40.9 Å². The standard InChI is InChI=1S/C17H13BrF2O4S/c1-10-2-6-15(25-10)13(21)9-23-16(22)7-3-11-8-12(18)4-5-14(11)24-17(19)20/h2-8,17H,9H2,1H3/b7-3+. The third kappa shape index (κ3) is 6.06. The van der Waals surface area contributed by atoms with Crippen LogP contribution in [0.3, 0.4) is 0 Å². The van der Waals surface area contributed by atoms with Gasteiger partial charge in [-0.15, -0.1) is 11.3 Å². The van der Waals surface area contributed by atoms with E-state index in [0.29, 0.717) is 9.35 Å². The molecule has 2 aromatic rings. The number of esters is 1. The number of thiophene rings is 1. The van der Waals surface area contributed by atoms with Gasteiger partial charge in [-0.05, 0) is 43.3 Å². The predicted octanol–water partition coefficient (Wildman–Crippen LogP) is 4.86. The summed E-state index contributed by atoms with van der Waals surface area (Å²) in [5.74, 6) is -1.14. The van der Waals surface area contributed by atoms with E-state index in [1.165, 1.54) is 35.6 Å². The zero-order chi connectivity index (χ0) is 18.4. The Balaban J connectivity index is 1.98. The quantitative estimate of drug-likeness (QED) is 0.357. The normalized spacial score (nSPS) is 11.1. The van der Waals surface area contributed by atoms with Gasteiger partial charge in [-0.3, -0.25) is 4.79 Å². The molecule has 1 aromatic carbocycles. The van der Waals surface area contributed by atoms with Crippen LogP contribution in [0.25, 0.3) is 6.08 Å². The molecule has 0 spiro atoms. The molecular weight excluding hydrogens is 418 g/mol. The molecule has 8 heteroatoms. The monoisotopic (exact) mass is 430 g/mol. The molecule has 0 saturated heterocycles. The molecule has 132 valence electrons. The van der Waals surface area contributed by atoms with Gasteiger partial charge >= 0.3 is 12.6 Å². The molecule has 4 nitrogen and oxygen atoms in total. The largest absolute Gasteiger partial charge is 0.454 e. The number of rotatable bonds is 7. The number of benzene rings is 1. The second-order valence-electron chi connectivity index (χ2n) is 4.84. The third-order valence-electron chi connectivity index (χ3n) is 2.95. The Morgan fingerprint density at radius 2 is 2.04 bits per heavy atom. The van der Waals surface area contributed by atoms with E-state index in [1.54, 1.807) is 12.1 Å². The number of ether oxygens (including phenoxy) is 2. The van der Waals surface area contributed by atoms with Crippen LogP contribution in [0.1, 0.15) is 20.1 Å². The van der Waals surface area contributed by atoms with Gasteiger partial charge < -0.3 is 9.47 Å². The lowest BCUT2D eigenvalue weighted by molar-refractivity contribution is -0.136. The Morgan fingerprint density at radius 3 is 2.68 bits per heavy atom. The Labute approximate surface area is 155 Å². The maximum Gasteiger partial charge on any atom is 0.387 e. The number of aryl methyl sites for hydroxylation is 1. The van der Waals surface area contributed by atoms with E-state index >= 15 is 0 Å². The summed E-state index contributed by atoms with van der Waals surface area (Å²) in [7, 11) is 0. The number of carbonyl (C=O) groups is 2. The highest BCUT2D eigenvalue weighted by Crippen LogP contribution is 2.26. The smallest absolute Gasteiger partial charge is 0.387 e. The Morgan fingerprint density at radius 1 is 1.28 bits per heavy atom. The zero-order valence-corrected chi connectivity index (χ0v) is 15.4. The molecule has 0 aliphatic heterocycles. The number of halogens is 3. The molecule has 0 aliphatic carbocycles. The van der Waals surface area contributed by atoms with Crippen molar-refractivity contribution in [2.24, 2.45) is 0 Å². The average molecular weight is 431 g/mol. The van der Waals surface area contributed by atoms with E-state index in [4.69, 9.17) is 4.74 Å². The van der Waals surface area contributed by atoms with E-state index in [2.05, 4.69) is 20.7 Å². The third-order valence-corrected chi connectivity index (χ3v) is 4.48. The SMILES string of the molecule is Cc1ccc(C(=O)COC(=O)/C=C/c2cc(Br)ccc2OC(F)F)s1. The summed E-state index contributed by atoms with van der Waals surface area (Å²) in [5.41, 5.74) is 0.270. The van der Waals surface area contributed by atoms with E-state index in [0.717, 1.165) is 11.0 Å². The van der Waals surface area contributed by atoms with Crippen molar-refractivity contribution < 1.29 is 27.8 Å². The lowest BCUT2D eigenvalue weighted by Gasteiger charge is -2.08. The lowest BCUT2D eigenvalue weighted by atomic mass is 10.2. The molecule has 0 amide bonds. The van der Waals surface area contributed by atoms with Gasteiger partial charge in [0.25, 0.3) is 0 Å². The molecule has 0 atom stereocenters. The molecule has 0 N–H and O–H groups in total. The Kier molecular flexibility index (Phi) is 6.83. The fourth-order valence-electron chi connectivity index (χ4n) is 1.85. The van der Waals surface area contributed by atoms with Gasteiger partial charge in [-0.1, -0.05) is 15.9 Å². The number of hydrogen-bond donors (Lipinski definition) is 0. The lowest BCUT2D eigenvalue weighted by Crippen LogP contribution is -2.11. The average Bonchev–Trinajstić information content (AvgIpc) is 2.99.